The Kier molecular flexibility index (Phi) is 8.41. The number of hydrogen-bond donors (Lipinski definition) is 2. The van der Waals surface area contributed by atoms with Gasteiger partial charge >= 0.3 is 6.09 Å². The zero-order valence-electron chi connectivity index (χ0n) is 28.0. The molecule has 8 nitrogen and oxygen atoms in total. The highest BCUT2D eigenvalue weighted by Gasteiger charge is 2.29. The highest BCUT2D eigenvalue weighted by molar-refractivity contribution is 6.07. The van der Waals surface area contributed by atoms with Crippen molar-refractivity contribution in [1.29, 1.82) is 0 Å². The molecule has 0 spiro atoms. The molecule has 3 aromatic carbocycles. The lowest BCUT2D eigenvalue weighted by atomic mass is 9.96. The quantitative estimate of drug-likeness (QED) is 0.186. The second-order valence-corrected chi connectivity index (χ2v) is 14.3. The van der Waals surface area contributed by atoms with Gasteiger partial charge in [-0.3, -0.25) is 9.69 Å². The number of likely N-dealkylation sites (N-methyl/N-ethyl adjacent to an activating group) is 1. The van der Waals surface area contributed by atoms with Crippen molar-refractivity contribution in [3.05, 3.63) is 94.7 Å². The summed E-state index contributed by atoms with van der Waals surface area (Å²) in [5.74, 6) is -0.110. The predicted octanol–water partition coefficient (Wildman–Crippen LogP) is 7.48. The van der Waals surface area contributed by atoms with Crippen LogP contribution in [-0.2, 0) is 30.8 Å². The van der Waals surface area contributed by atoms with Crippen LogP contribution in [0.1, 0.15) is 72.6 Å². The van der Waals surface area contributed by atoms with E-state index in [0.29, 0.717) is 24.3 Å². The molecule has 4 heterocycles. The van der Waals surface area contributed by atoms with E-state index in [1.54, 1.807) is 4.57 Å². The first kappa shape index (κ1) is 31.2. The van der Waals surface area contributed by atoms with Gasteiger partial charge in [-0.25, -0.2) is 9.36 Å². The second kappa shape index (κ2) is 12.7. The molecule has 1 amide bonds. The van der Waals surface area contributed by atoms with Gasteiger partial charge in [0.15, 0.2) is 0 Å². The number of benzene rings is 3. The molecule has 8 heteroatoms. The maximum Gasteiger partial charge on any atom is 0.419 e. The third-order valence-electron chi connectivity index (χ3n) is 9.41. The van der Waals surface area contributed by atoms with Gasteiger partial charge in [0.2, 0.25) is 0 Å². The summed E-state index contributed by atoms with van der Waals surface area (Å²) in [6.45, 7) is 10.8. The summed E-state index contributed by atoms with van der Waals surface area (Å²) >= 11 is 0. The Bertz CT molecular complexity index is 1960. The van der Waals surface area contributed by atoms with E-state index >= 15 is 0 Å². The Labute approximate surface area is 276 Å². The normalized spacial score (nSPS) is 15.5. The van der Waals surface area contributed by atoms with Crippen LogP contribution in [0, 0.1) is 0 Å². The molecule has 2 aromatic heterocycles. The van der Waals surface area contributed by atoms with Crippen LogP contribution in [0.3, 0.4) is 0 Å². The van der Waals surface area contributed by atoms with E-state index in [4.69, 9.17) is 4.74 Å². The highest BCUT2D eigenvalue weighted by atomic mass is 16.6. The van der Waals surface area contributed by atoms with Crippen LogP contribution < -0.4 is 5.32 Å². The van der Waals surface area contributed by atoms with Gasteiger partial charge in [-0.1, -0.05) is 36.8 Å². The van der Waals surface area contributed by atoms with Crippen molar-refractivity contribution in [3.8, 4) is 11.3 Å². The van der Waals surface area contributed by atoms with Gasteiger partial charge in [-0.2, -0.15) is 0 Å². The number of likely N-dealkylation sites (tertiary alicyclic amines) is 1. The van der Waals surface area contributed by atoms with Crippen molar-refractivity contribution in [1.82, 2.24) is 24.7 Å². The van der Waals surface area contributed by atoms with E-state index in [-0.39, 0.29) is 5.91 Å². The minimum absolute atomic E-state index is 0.110. The molecule has 0 saturated carbocycles. The molecule has 2 aliphatic rings. The van der Waals surface area contributed by atoms with Crippen LogP contribution in [-0.4, -0.2) is 63.6 Å². The van der Waals surface area contributed by atoms with Crippen molar-refractivity contribution in [2.24, 2.45) is 0 Å². The first-order chi connectivity index (χ1) is 22.6. The lowest BCUT2D eigenvalue weighted by Crippen LogP contribution is -2.29. The molecule has 1 saturated heterocycles. The number of rotatable bonds is 8. The molecular formula is C39H45N5O3. The molecule has 2 N–H and O–H groups in total. The molecule has 0 atom stereocenters. The number of amides is 1. The largest absolute Gasteiger partial charge is 0.443 e. The molecule has 2 aliphatic heterocycles. The summed E-state index contributed by atoms with van der Waals surface area (Å²) in [6, 6.07) is 21.0. The number of nitrogens with zero attached hydrogens (tertiary/aromatic N) is 3. The Hall–Kier alpha value is -4.40. The van der Waals surface area contributed by atoms with Gasteiger partial charge in [0.05, 0.1) is 16.8 Å². The van der Waals surface area contributed by atoms with Crippen LogP contribution in [0.5, 0.6) is 0 Å². The summed E-state index contributed by atoms with van der Waals surface area (Å²) in [5, 5.41) is 5.25. The highest BCUT2D eigenvalue weighted by Crippen LogP contribution is 2.36. The number of carbonyl (C=O) groups is 2. The fraction of sp³-hybridized carbons (Fsp3) is 0.385. The van der Waals surface area contributed by atoms with Gasteiger partial charge < -0.3 is 19.9 Å². The van der Waals surface area contributed by atoms with Gasteiger partial charge in [-0.15, -0.1) is 0 Å². The van der Waals surface area contributed by atoms with E-state index in [1.807, 2.05) is 26.8 Å². The molecule has 244 valence electrons. The lowest BCUT2D eigenvalue weighted by molar-refractivity contribution is 0.0547. The minimum atomic E-state index is -0.673. The third kappa shape index (κ3) is 6.58. The van der Waals surface area contributed by atoms with Crippen LogP contribution in [0.2, 0.25) is 0 Å². The molecule has 7 rings (SSSR count). The molecule has 47 heavy (non-hydrogen) atoms. The molecule has 5 aromatic rings. The molecular weight excluding hydrogens is 586 g/mol. The molecule has 0 unspecified atom stereocenters. The van der Waals surface area contributed by atoms with Gasteiger partial charge in [0.1, 0.15) is 5.60 Å². The van der Waals surface area contributed by atoms with Crippen LogP contribution in [0.25, 0.3) is 33.1 Å². The summed E-state index contributed by atoms with van der Waals surface area (Å²) in [4.78, 5) is 35.4. The van der Waals surface area contributed by atoms with Crippen LogP contribution in [0.15, 0.2) is 66.9 Å². The minimum Gasteiger partial charge on any atom is -0.443 e. The van der Waals surface area contributed by atoms with Gasteiger partial charge in [0.25, 0.3) is 5.91 Å². The third-order valence-corrected chi connectivity index (χ3v) is 9.41. The van der Waals surface area contributed by atoms with E-state index in [9.17, 15) is 9.59 Å². The van der Waals surface area contributed by atoms with E-state index in [2.05, 4.69) is 87.9 Å². The van der Waals surface area contributed by atoms with Crippen LogP contribution >= 0.6 is 0 Å². The van der Waals surface area contributed by atoms with Crippen molar-refractivity contribution >= 4 is 33.8 Å². The van der Waals surface area contributed by atoms with Crippen molar-refractivity contribution in [2.45, 2.75) is 71.7 Å². The number of para-hydroxylation sites is 1. The number of hydrogen-bond acceptors (Lipinski definition) is 5. The zero-order chi connectivity index (χ0) is 32.7. The van der Waals surface area contributed by atoms with Crippen molar-refractivity contribution in [2.75, 3.05) is 26.7 Å². The Morgan fingerprint density at radius 1 is 0.979 bits per heavy atom. The van der Waals surface area contributed by atoms with Crippen molar-refractivity contribution < 1.29 is 14.3 Å². The summed E-state index contributed by atoms with van der Waals surface area (Å²) in [7, 11) is 2.13. The SMILES string of the molecule is CN(CCc1c[nH]c2ccccc12)Cc1cc2c(c(-c3cc4cc(CN5CCCCC5)ccc4n3C(=O)OC(C)(C)C)c1)C(=O)NC2. The number of ether oxygens (including phenoxy) is 1. The molecule has 1 fully saturated rings. The van der Waals surface area contributed by atoms with Crippen LogP contribution in [0.4, 0.5) is 4.79 Å². The first-order valence-corrected chi connectivity index (χ1v) is 16.9. The number of fused-ring (bicyclic) bond motifs is 3. The first-order valence-electron chi connectivity index (χ1n) is 16.9. The average Bonchev–Trinajstić information content (AvgIpc) is 3.74. The Morgan fingerprint density at radius 2 is 1.79 bits per heavy atom. The monoisotopic (exact) mass is 631 g/mol. The molecule has 0 aliphatic carbocycles. The summed E-state index contributed by atoms with van der Waals surface area (Å²) in [6.07, 6.45) is 6.36. The topological polar surface area (TPSA) is 82.6 Å². The van der Waals surface area contributed by atoms with Gasteiger partial charge in [0, 0.05) is 54.2 Å². The number of carbonyl (C=O) groups excluding carboxylic acids is 2. The summed E-state index contributed by atoms with van der Waals surface area (Å²) < 4.78 is 7.61. The standard InChI is InChI=1S/C39H45N5O3/c1-39(2,3)47-38(46)44-34-13-12-26(25-43-15-8-5-9-16-43)18-29(34)21-35(44)32-20-27(19-30-23-41-37(45)36(30)32)24-42(4)17-14-28-22-40-33-11-7-6-10-31(28)33/h6-7,10-13,18-22,40H,5,8-9,14-17,23-25H2,1-4H3,(H,41,45). The van der Waals surface area contributed by atoms with Crippen molar-refractivity contribution in [3.63, 3.8) is 0 Å². The Morgan fingerprint density at radius 3 is 2.60 bits per heavy atom. The van der Waals surface area contributed by atoms with E-state index in [1.165, 1.54) is 35.8 Å². The lowest BCUT2D eigenvalue weighted by Gasteiger charge is -2.26. The number of H-pyrrole nitrogens is 1. The fourth-order valence-corrected chi connectivity index (χ4v) is 7.21. The van der Waals surface area contributed by atoms with Gasteiger partial charge in [-0.05, 0) is 113 Å². The number of nitrogens with one attached hydrogen (secondary N) is 2. The maximum absolute atomic E-state index is 13.9. The number of aromatic amines is 1. The predicted molar refractivity (Wildman–Crippen MR) is 188 cm³/mol. The molecule has 0 bridgehead atoms. The van der Waals surface area contributed by atoms with E-state index in [0.717, 1.165) is 65.7 Å². The number of aromatic nitrogens is 2. The Balaban J connectivity index is 1.24. The molecule has 0 radical (unpaired) electrons. The maximum atomic E-state index is 13.9. The zero-order valence-corrected chi connectivity index (χ0v) is 28.0. The van der Waals surface area contributed by atoms with E-state index < -0.39 is 11.7 Å². The fourth-order valence-electron chi connectivity index (χ4n) is 7.21. The summed E-state index contributed by atoms with van der Waals surface area (Å²) in [5.41, 5.74) is 7.93. The average molecular weight is 632 g/mol. The number of piperidine rings is 1. The second-order valence-electron chi connectivity index (χ2n) is 14.3. The smallest absolute Gasteiger partial charge is 0.419 e.